The second kappa shape index (κ2) is 5.94. The quantitative estimate of drug-likeness (QED) is 0.809. The first-order valence-corrected chi connectivity index (χ1v) is 5.90. The smallest absolute Gasteiger partial charge is 0.341 e. The molecule has 19 heavy (non-hydrogen) atoms. The SMILES string of the molecule is CCOC(=O)c1cccnc1N(C)Cc1ncn[nH]1. The molecular weight excluding hydrogens is 246 g/mol. The number of carbonyl (C=O) groups is 1. The summed E-state index contributed by atoms with van der Waals surface area (Å²) in [6, 6.07) is 3.40. The number of carbonyl (C=O) groups excluding carboxylic acids is 1. The third kappa shape index (κ3) is 3.06. The van der Waals surface area contributed by atoms with Gasteiger partial charge in [0.15, 0.2) is 0 Å². The molecule has 0 bridgehead atoms. The molecule has 2 rings (SSSR count). The third-order valence-corrected chi connectivity index (χ3v) is 2.50. The predicted molar refractivity (Wildman–Crippen MR) is 68.7 cm³/mol. The van der Waals surface area contributed by atoms with E-state index < -0.39 is 0 Å². The van der Waals surface area contributed by atoms with Crippen LogP contribution < -0.4 is 4.90 Å². The number of pyridine rings is 1. The van der Waals surface area contributed by atoms with Gasteiger partial charge >= 0.3 is 5.97 Å². The molecule has 7 nitrogen and oxygen atoms in total. The Bertz CT molecular complexity index is 541. The van der Waals surface area contributed by atoms with Gasteiger partial charge in [0.2, 0.25) is 0 Å². The molecule has 0 radical (unpaired) electrons. The molecule has 1 N–H and O–H groups in total. The van der Waals surface area contributed by atoms with Gasteiger partial charge in [0.1, 0.15) is 23.5 Å². The highest BCUT2D eigenvalue weighted by molar-refractivity contribution is 5.94. The monoisotopic (exact) mass is 261 g/mol. The van der Waals surface area contributed by atoms with Gasteiger partial charge < -0.3 is 9.64 Å². The molecule has 2 aromatic rings. The van der Waals surface area contributed by atoms with E-state index in [4.69, 9.17) is 4.74 Å². The van der Waals surface area contributed by atoms with E-state index in [9.17, 15) is 4.79 Å². The van der Waals surface area contributed by atoms with Crippen LogP contribution in [0.25, 0.3) is 0 Å². The highest BCUT2D eigenvalue weighted by atomic mass is 16.5. The lowest BCUT2D eigenvalue weighted by atomic mass is 10.2. The van der Waals surface area contributed by atoms with Crippen molar-refractivity contribution < 1.29 is 9.53 Å². The Morgan fingerprint density at radius 1 is 1.47 bits per heavy atom. The molecule has 2 aromatic heterocycles. The standard InChI is InChI=1S/C12H15N5O2/c1-3-19-12(18)9-5-4-6-13-11(9)17(2)7-10-14-8-15-16-10/h4-6,8H,3,7H2,1-2H3,(H,14,15,16). The molecule has 0 spiro atoms. The Hall–Kier alpha value is -2.44. The van der Waals surface area contributed by atoms with Crippen LogP contribution in [-0.4, -0.2) is 39.8 Å². The zero-order valence-corrected chi connectivity index (χ0v) is 10.8. The van der Waals surface area contributed by atoms with Crippen LogP contribution in [0.1, 0.15) is 23.1 Å². The van der Waals surface area contributed by atoms with E-state index in [0.717, 1.165) is 0 Å². The minimum atomic E-state index is -0.380. The summed E-state index contributed by atoms with van der Waals surface area (Å²) in [5, 5.41) is 6.55. The van der Waals surface area contributed by atoms with Gasteiger partial charge in [-0.3, -0.25) is 5.10 Å². The molecular formula is C12H15N5O2. The van der Waals surface area contributed by atoms with Gasteiger partial charge in [0, 0.05) is 13.2 Å². The number of H-pyrrole nitrogens is 1. The summed E-state index contributed by atoms with van der Waals surface area (Å²) in [7, 11) is 1.83. The molecule has 0 unspecified atom stereocenters. The number of nitrogens with zero attached hydrogens (tertiary/aromatic N) is 4. The number of anilines is 1. The average Bonchev–Trinajstić information content (AvgIpc) is 2.92. The summed E-state index contributed by atoms with van der Waals surface area (Å²) < 4.78 is 5.01. The second-order valence-electron chi connectivity index (χ2n) is 3.88. The van der Waals surface area contributed by atoms with E-state index in [-0.39, 0.29) is 5.97 Å². The number of hydrogen-bond acceptors (Lipinski definition) is 6. The van der Waals surface area contributed by atoms with Crippen molar-refractivity contribution >= 4 is 11.8 Å². The van der Waals surface area contributed by atoms with Crippen molar-refractivity contribution in [1.29, 1.82) is 0 Å². The Kier molecular flexibility index (Phi) is 4.07. The van der Waals surface area contributed by atoms with Crippen molar-refractivity contribution in [3.05, 3.63) is 36.0 Å². The van der Waals surface area contributed by atoms with Crippen molar-refractivity contribution in [1.82, 2.24) is 20.2 Å². The van der Waals surface area contributed by atoms with Crippen molar-refractivity contribution in [2.75, 3.05) is 18.6 Å². The van der Waals surface area contributed by atoms with Crippen LogP contribution in [0, 0.1) is 0 Å². The third-order valence-electron chi connectivity index (χ3n) is 2.50. The minimum Gasteiger partial charge on any atom is -0.462 e. The first-order valence-electron chi connectivity index (χ1n) is 5.90. The van der Waals surface area contributed by atoms with Gasteiger partial charge in [0.05, 0.1) is 13.2 Å². The molecule has 0 aliphatic carbocycles. The number of ether oxygens (including phenoxy) is 1. The van der Waals surface area contributed by atoms with Crippen LogP contribution in [0.3, 0.4) is 0 Å². The van der Waals surface area contributed by atoms with E-state index in [0.29, 0.717) is 30.4 Å². The zero-order valence-electron chi connectivity index (χ0n) is 10.8. The molecule has 0 aromatic carbocycles. The van der Waals surface area contributed by atoms with Gasteiger partial charge in [-0.1, -0.05) is 0 Å². The molecule has 0 fully saturated rings. The first-order chi connectivity index (χ1) is 9.22. The van der Waals surface area contributed by atoms with Crippen LogP contribution in [0.4, 0.5) is 5.82 Å². The second-order valence-corrected chi connectivity index (χ2v) is 3.88. The normalized spacial score (nSPS) is 10.2. The van der Waals surface area contributed by atoms with E-state index >= 15 is 0 Å². The molecule has 0 aliphatic heterocycles. The number of hydrogen-bond donors (Lipinski definition) is 1. The number of nitrogens with one attached hydrogen (secondary N) is 1. The molecule has 0 aliphatic rings. The maximum Gasteiger partial charge on any atom is 0.341 e. The van der Waals surface area contributed by atoms with Gasteiger partial charge in [-0.25, -0.2) is 14.8 Å². The molecule has 100 valence electrons. The van der Waals surface area contributed by atoms with Crippen molar-refractivity contribution in [2.45, 2.75) is 13.5 Å². The van der Waals surface area contributed by atoms with E-state index in [2.05, 4.69) is 20.2 Å². The number of aromatic amines is 1. The fourth-order valence-corrected chi connectivity index (χ4v) is 1.68. The maximum atomic E-state index is 11.8. The predicted octanol–water partition coefficient (Wildman–Crippen LogP) is 1.01. The Morgan fingerprint density at radius 2 is 2.32 bits per heavy atom. The molecule has 0 saturated heterocycles. The largest absolute Gasteiger partial charge is 0.462 e. The number of aromatic nitrogens is 4. The summed E-state index contributed by atoms with van der Waals surface area (Å²) in [5.74, 6) is 0.871. The summed E-state index contributed by atoms with van der Waals surface area (Å²) >= 11 is 0. The Balaban J connectivity index is 2.21. The maximum absolute atomic E-state index is 11.8. The summed E-state index contributed by atoms with van der Waals surface area (Å²) in [6.45, 7) is 2.58. The zero-order chi connectivity index (χ0) is 13.7. The first kappa shape index (κ1) is 13.0. The van der Waals surface area contributed by atoms with Crippen molar-refractivity contribution in [2.24, 2.45) is 0 Å². The highest BCUT2D eigenvalue weighted by Crippen LogP contribution is 2.18. The van der Waals surface area contributed by atoms with Crippen LogP contribution >= 0.6 is 0 Å². The summed E-state index contributed by atoms with van der Waals surface area (Å²) in [4.78, 5) is 21.9. The highest BCUT2D eigenvalue weighted by Gasteiger charge is 2.17. The molecule has 0 atom stereocenters. The van der Waals surface area contributed by atoms with Crippen LogP contribution in [-0.2, 0) is 11.3 Å². The lowest BCUT2D eigenvalue weighted by Gasteiger charge is -2.18. The molecule has 2 heterocycles. The van der Waals surface area contributed by atoms with Crippen molar-refractivity contribution in [3.8, 4) is 0 Å². The van der Waals surface area contributed by atoms with Crippen LogP contribution in [0.2, 0.25) is 0 Å². The average molecular weight is 261 g/mol. The van der Waals surface area contributed by atoms with Gasteiger partial charge in [-0.2, -0.15) is 5.10 Å². The fourth-order valence-electron chi connectivity index (χ4n) is 1.68. The summed E-state index contributed by atoms with van der Waals surface area (Å²) in [5.41, 5.74) is 0.436. The van der Waals surface area contributed by atoms with E-state index in [1.807, 2.05) is 11.9 Å². The molecule has 7 heteroatoms. The van der Waals surface area contributed by atoms with E-state index in [1.54, 1.807) is 25.3 Å². The lowest BCUT2D eigenvalue weighted by Crippen LogP contribution is -2.22. The topological polar surface area (TPSA) is 84.0 Å². The number of esters is 1. The molecule has 0 amide bonds. The lowest BCUT2D eigenvalue weighted by molar-refractivity contribution is 0.0526. The van der Waals surface area contributed by atoms with Crippen molar-refractivity contribution in [3.63, 3.8) is 0 Å². The van der Waals surface area contributed by atoms with Gasteiger partial charge in [-0.05, 0) is 19.1 Å². The van der Waals surface area contributed by atoms with E-state index in [1.165, 1.54) is 6.33 Å². The van der Waals surface area contributed by atoms with Crippen LogP contribution in [0.5, 0.6) is 0 Å². The Morgan fingerprint density at radius 3 is 3.00 bits per heavy atom. The van der Waals surface area contributed by atoms with Crippen LogP contribution in [0.15, 0.2) is 24.7 Å². The summed E-state index contributed by atoms with van der Waals surface area (Å²) in [6.07, 6.45) is 3.07. The van der Waals surface area contributed by atoms with Gasteiger partial charge in [-0.15, -0.1) is 0 Å². The minimum absolute atomic E-state index is 0.332. The van der Waals surface area contributed by atoms with Gasteiger partial charge in [0.25, 0.3) is 0 Å². The number of rotatable bonds is 5. The molecule has 0 saturated carbocycles. The fraction of sp³-hybridized carbons (Fsp3) is 0.333. The Labute approximate surface area is 110 Å².